The molecule has 7 nitrogen and oxygen atoms in total. The summed E-state index contributed by atoms with van der Waals surface area (Å²) in [6.45, 7) is 1.10. The number of hydrogen-bond acceptors (Lipinski definition) is 3. The van der Waals surface area contributed by atoms with Crippen LogP contribution in [-0.4, -0.2) is 47.0 Å². The van der Waals surface area contributed by atoms with Gasteiger partial charge in [-0.05, 0) is 25.7 Å². The lowest BCUT2D eigenvalue weighted by Crippen LogP contribution is -2.48. The Morgan fingerprint density at radius 3 is 2.55 bits per heavy atom. The Bertz CT molecular complexity index is 360. The summed E-state index contributed by atoms with van der Waals surface area (Å²) in [4.78, 5) is 34.8. The topological polar surface area (TPSA) is 113 Å². The van der Waals surface area contributed by atoms with Crippen molar-refractivity contribution in [2.75, 3.05) is 13.1 Å². The third-order valence-corrected chi connectivity index (χ3v) is 3.44. The van der Waals surface area contributed by atoms with Gasteiger partial charge >= 0.3 is 12.0 Å². The van der Waals surface area contributed by atoms with Crippen molar-refractivity contribution in [2.45, 2.75) is 51.0 Å². The number of likely N-dealkylation sites (tertiary alicyclic amines) is 1. The van der Waals surface area contributed by atoms with Gasteiger partial charge in [-0.2, -0.15) is 0 Å². The van der Waals surface area contributed by atoms with E-state index in [-0.39, 0.29) is 12.5 Å². The van der Waals surface area contributed by atoms with E-state index in [0.717, 1.165) is 25.7 Å². The van der Waals surface area contributed by atoms with Gasteiger partial charge in [0.1, 0.15) is 6.04 Å². The van der Waals surface area contributed by atoms with Crippen LogP contribution in [0.1, 0.15) is 44.9 Å². The van der Waals surface area contributed by atoms with E-state index in [1.54, 1.807) is 0 Å². The molecule has 20 heavy (non-hydrogen) atoms. The van der Waals surface area contributed by atoms with Gasteiger partial charge in [0.2, 0.25) is 5.91 Å². The van der Waals surface area contributed by atoms with E-state index >= 15 is 0 Å². The molecule has 3 amide bonds. The Balaban J connectivity index is 2.11. The molecule has 1 aliphatic rings. The van der Waals surface area contributed by atoms with Gasteiger partial charge in [-0.3, -0.25) is 9.59 Å². The smallest absolute Gasteiger partial charge is 0.318 e. The number of carboxylic acids is 1. The second-order valence-electron chi connectivity index (χ2n) is 5.04. The first kappa shape index (κ1) is 16.3. The maximum atomic E-state index is 11.9. The fourth-order valence-electron chi connectivity index (χ4n) is 2.36. The summed E-state index contributed by atoms with van der Waals surface area (Å²) in [5.41, 5.74) is 5.25. The van der Waals surface area contributed by atoms with Gasteiger partial charge in [0, 0.05) is 19.5 Å². The first-order valence-electron chi connectivity index (χ1n) is 7.08. The minimum Gasteiger partial charge on any atom is -0.481 e. The average molecular weight is 285 g/mol. The molecule has 114 valence electrons. The summed E-state index contributed by atoms with van der Waals surface area (Å²) in [6.07, 6.45) is 4.83. The van der Waals surface area contributed by atoms with E-state index in [2.05, 4.69) is 5.32 Å². The second kappa shape index (κ2) is 8.39. The molecule has 1 saturated heterocycles. The lowest BCUT2D eigenvalue weighted by molar-refractivity contribution is -0.137. The summed E-state index contributed by atoms with van der Waals surface area (Å²) in [7, 11) is 0. The highest BCUT2D eigenvalue weighted by Crippen LogP contribution is 2.16. The molecular formula is C13H23N3O4. The lowest BCUT2D eigenvalue weighted by atomic mass is 10.1. The van der Waals surface area contributed by atoms with Crippen LogP contribution in [0.5, 0.6) is 0 Å². The number of carbonyl (C=O) groups is 3. The molecule has 0 radical (unpaired) electrons. The van der Waals surface area contributed by atoms with Crippen LogP contribution in [-0.2, 0) is 9.59 Å². The standard InChI is InChI=1S/C13H23N3O4/c14-12(19)10-6-5-9-16(10)13(20)15-8-4-2-1-3-7-11(17)18/h10H,1-9H2,(H2,14,19)(H,15,20)(H,17,18). The Labute approximate surface area is 118 Å². The number of rotatable bonds is 8. The van der Waals surface area contributed by atoms with Gasteiger partial charge in [-0.15, -0.1) is 0 Å². The molecule has 7 heteroatoms. The number of primary amides is 1. The van der Waals surface area contributed by atoms with Crippen molar-refractivity contribution in [1.82, 2.24) is 10.2 Å². The Hall–Kier alpha value is -1.79. The zero-order valence-corrected chi connectivity index (χ0v) is 11.6. The molecule has 1 fully saturated rings. The highest BCUT2D eigenvalue weighted by molar-refractivity contribution is 5.86. The number of urea groups is 1. The number of unbranched alkanes of at least 4 members (excludes halogenated alkanes) is 3. The maximum absolute atomic E-state index is 11.9. The molecular weight excluding hydrogens is 262 g/mol. The van der Waals surface area contributed by atoms with Crippen molar-refractivity contribution < 1.29 is 19.5 Å². The molecule has 0 aromatic rings. The number of carboxylic acid groups (broad SMARTS) is 1. The highest BCUT2D eigenvalue weighted by Gasteiger charge is 2.32. The van der Waals surface area contributed by atoms with E-state index in [0.29, 0.717) is 25.9 Å². The van der Waals surface area contributed by atoms with Gasteiger partial charge in [0.15, 0.2) is 0 Å². The van der Waals surface area contributed by atoms with Crippen molar-refractivity contribution in [1.29, 1.82) is 0 Å². The molecule has 0 aliphatic carbocycles. The van der Waals surface area contributed by atoms with Crippen LogP contribution in [0.25, 0.3) is 0 Å². The van der Waals surface area contributed by atoms with Crippen LogP contribution < -0.4 is 11.1 Å². The van der Waals surface area contributed by atoms with E-state index in [4.69, 9.17) is 10.8 Å². The van der Waals surface area contributed by atoms with Crippen molar-refractivity contribution >= 4 is 17.9 Å². The SMILES string of the molecule is NC(=O)C1CCCN1C(=O)NCCCCCCC(=O)O. The fraction of sp³-hybridized carbons (Fsp3) is 0.769. The molecule has 1 heterocycles. The molecule has 0 saturated carbocycles. The quantitative estimate of drug-likeness (QED) is 0.569. The number of hydrogen-bond donors (Lipinski definition) is 3. The number of nitrogens with zero attached hydrogens (tertiary/aromatic N) is 1. The van der Waals surface area contributed by atoms with Crippen molar-refractivity contribution in [3.8, 4) is 0 Å². The first-order chi connectivity index (χ1) is 9.52. The van der Waals surface area contributed by atoms with Crippen LogP contribution in [0.4, 0.5) is 4.79 Å². The van der Waals surface area contributed by atoms with Crippen molar-refractivity contribution in [3.05, 3.63) is 0 Å². The van der Waals surface area contributed by atoms with Gasteiger partial charge in [-0.1, -0.05) is 12.8 Å². The van der Waals surface area contributed by atoms with Gasteiger partial charge in [-0.25, -0.2) is 4.79 Å². The summed E-state index contributed by atoms with van der Waals surface area (Å²) < 4.78 is 0. The van der Waals surface area contributed by atoms with Crippen LogP contribution in [0.3, 0.4) is 0 Å². The maximum Gasteiger partial charge on any atom is 0.318 e. The summed E-state index contributed by atoms with van der Waals surface area (Å²) >= 11 is 0. The normalized spacial score (nSPS) is 18.0. The van der Waals surface area contributed by atoms with Gasteiger partial charge in [0.05, 0.1) is 0 Å². The summed E-state index contributed by atoms with van der Waals surface area (Å²) in [6, 6.07) is -0.720. The van der Waals surface area contributed by atoms with E-state index < -0.39 is 17.9 Å². The molecule has 0 aromatic heterocycles. The van der Waals surface area contributed by atoms with Crippen LogP contribution in [0.2, 0.25) is 0 Å². The Kier molecular flexibility index (Phi) is 6.83. The lowest BCUT2D eigenvalue weighted by Gasteiger charge is -2.22. The largest absolute Gasteiger partial charge is 0.481 e. The number of nitrogens with one attached hydrogen (secondary N) is 1. The van der Waals surface area contributed by atoms with Crippen molar-refractivity contribution in [2.24, 2.45) is 5.73 Å². The highest BCUT2D eigenvalue weighted by atomic mass is 16.4. The van der Waals surface area contributed by atoms with Gasteiger partial charge < -0.3 is 21.1 Å². The van der Waals surface area contributed by atoms with Crippen LogP contribution in [0, 0.1) is 0 Å². The minimum absolute atomic E-state index is 0.195. The van der Waals surface area contributed by atoms with Crippen LogP contribution >= 0.6 is 0 Å². The predicted octanol–water partition coefficient (Wildman–Crippen LogP) is 0.681. The molecule has 1 aliphatic heterocycles. The number of nitrogens with two attached hydrogens (primary N) is 1. The van der Waals surface area contributed by atoms with E-state index in [1.165, 1.54) is 4.90 Å². The molecule has 4 N–H and O–H groups in total. The van der Waals surface area contributed by atoms with Gasteiger partial charge in [0.25, 0.3) is 0 Å². The molecule has 1 atom stereocenters. The zero-order valence-electron chi connectivity index (χ0n) is 11.6. The third-order valence-electron chi connectivity index (χ3n) is 3.44. The average Bonchev–Trinajstić information content (AvgIpc) is 2.86. The zero-order chi connectivity index (χ0) is 15.0. The number of aliphatic carboxylic acids is 1. The first-order valence-corrected chi connectivity index (χ1v) is 7.08. The fourth-order valence-corrected chi connectivity index (χ4v) is 2.36. The monoisotopic (exact) mass is 285 g/mol. The minimum atomic E-state index is -0.773. The Morgan fingerprint density at radius 1 is 1.20 bits per heavy atom. The number of carbonyl (C=O) groups excluding carboxylic acids is 2. The van der Waals surface area contributed by atoms with E-state index in [1.807, 2.05) is 0 Å². The molecule has 1 rings (SSSR count). The second-order valence-corrected chi connectivity index (χ2v) is 5.04. The molecule has 0 aromatic carbocycles. The van der Waals surface area contributed by atoms with E-state index in [9.17, 15) is 14.4 Å². The predicted molar refractivity (Wildman–Crippen MR) is 73.0 cm³/mol. The Morgan fingerprint density at radius 2 is 1.90 bits per heavy atom. The molecule has 0 spiro atoms. The molecule has 1 unspecified atom stereocenters. The molecule has 0 bridgehead atoms. The summed E-state index contributed by atoms with van der Waals surface area (Å²) in [5, 5.41) is 11.3. The third kappa shape index (κ3) is 5.46. The number of amides is 3. The van der Waals surface area contributed by atoms with Crippen molar-refractivity contribution in [3.63, 3.8) is 0 Å². The van der Waals surface area contributed by atoms with Crippen LogP contribution in [0.15, 0.2) is 0 Å². The summed E-state index contributed by atoms with van der Waals surface area (Å²) in [5.74, 6) is -1.23.